The van der Waals surface area contributed by atoms with E-state index in [1.54, 1.807) is 0 Å². The predicted molar refractivity (Wildman–Crippen MR) is 98.6 cm³/mol. The number of hydrogen-bond donors (Lipinski definition) is 2. The number of nitrogens with one attached hydrogen (secondary N) is 2. The maximum Gasteiger partial charge on any atom is 0.230 e. The first-order chi connectivity index (χ1) is 12.2. The molecule has 2 aromatic rings. The minimum Gasteiger partial charge on any atom is -0.377 e. The molecule has 0 saturated carbocycles. The zero-order valence-corrected chi connectivity index (χ0v) is 14.7. The summed E-state index contributed by atoms with van der Waals surface area (Å²) in [5.41, 5.74) is 3.10. The Bertz CT molecular complexity index is 799. The zero-order chi connectivity index (χ0) is 17.2. The van der Waals surface area contributed by atoms with E-state index in [2.05, 4.69) is 55.6 Å². The van der Waals surface area contributed by atoms with Crippen LogP contribution in [-0.2, 0) is 4.74 Å². The van der Waals surface area contributed by atoms with Gasteiger partial charge in [-0.25, -0.2) is 15.0 Å². The summed E-state index contributed by atoms with van der Waals surface area (Å²) < 4.78 is 5.69. The van der Waals surface area contributed by atoms with Crippen molar-refractivity contribution in [1.82, 2.24) is 20.2 Å². The smallest absolute Gasteiger partial charge is 0.230 e. The van der Waals surface area contributed by atoms with Gasteiger partial charge in [0.05, 0.1) is 30.7 Å². The monoisotopic (exact) mass is 340 g/mol. The summed E-state index contributed by atoms with van der Waals surface area (Å²) in [5, 5.41) is 7.59. The van der Waals surface area contributed by atoms with Crippen molar-refractivity contribution < 1.29 is 4.74 Å². The van der Waals surface area contributed by atoms with Crippen molar-refractivity contribution in [2.24, 2.45) is 4.99 Å². The highest BCUT2D eigenvalue weighted by Gasteiger charge is 2.21. The van der Waals surface area contributed by atoms with Gasteiger partial charge < -0.3 is 10.1 Å². The van der Waals surface area contributed by atoms with E-state index in [4.69, 9.17) is 4.74 Å². The highest BCUT2D eigenvalue weighted by molar-refractivity contribution is 5.93. The van der Waals surface area contributed by atoms with Crippen LogP contribution in [0.2, 0.25) is 0 Å². The Hall–Kier alpha value is -2.25. The van der Waals surface area contributed by atoms with Gasteiger partial charge in [-0.2, -0.15) is 0 Å². The quantitative estimate of drug-likeness (QED) is 0.890. The van der Waals surface area contributed by atoms with Crippen LogP contribution in [0.4, 0.5) is 5.95 Å². The Morgan fingerprint density at radius 1 is 1.32 bits per heavy atom. The number of aryl methyl sites for hydroxylation is 2. The number of benzene rings is 1. The third kappa shape index (κ3) is 3.72. The maximum atomic E-state index is 5.69. The molecule has 1 atom stereocenters. The summed E-state index contributed by atoms with van der Waals surface area (Å²) in [6.07, 6.45) is 2.66. The number of anilines is 1. The fourth-order valence-corrected chi connectivity index (χ4v) is 3.31. The summed E-state index contributed by atoms with van der Waals surface area (Å²) in [5.74, 6) is 1.30. The number of aliphatic imine (C=N–C) groups is 1. The number of nitrogens with zero attached hydrogens (tertiary/aromatic N) is 4. The van der Waals surface area contributed by atoms with Gasteiger partial charge in [0.1, 0.15) is 0 Å². The molecule has 25 heavy (non-hydrogen) atoms. The van der Waals surface area contributed by atoms with Crippen LogP contribution in [0, 0.1) is 13.8 Å². The van der Waals surface area contributed by atoms with E-state index >= 15 is 0 Å². The van der Waals surface area contributed by atoms with E-state index in [1.165, 1.54) is 12.0 Å². The molecule has 2 aliphatic heterocycles. The highest BCUT2D eigenvalue weighted by atomic mass is 16.5. The molecule has 2 aliphatic rings. The Balaban J connectivity index is 1.43. The fourth-order valence-electron chi connectivity index (χ4n) is 3.31. The van der Waals surface area contributed by atoms with Crippen LogP contribution in [0.1, 0.15) is 24.1 Å². The predicted octanol–water partition coefficient (Wildman–Crippen LogP) is 2.01. The second kappa shape index (κ2) is 6.93. The topological polar surface area (TPSA) is 74.7 Å². The second-order valence-corrected chi connectivity index (χ2v) is 6.75. The number of aromatic nitrogens is 2. The molecule has 3 heterocycles. The molecule has 1 fully saturated rings. The summed E-state index contributed by atoms with van der Waals surface area (Å²) in [6, 6.07) is 6.24. The van der Waals surface area contributed by atoms with Crippen molar-refractivity contribution in [1.29, 1.82) is 0 Å². The molecule has 2 N–H and O–H groups in total. The molecule has 0 spiro atoms. The average Bonchev–Trinajstić information content (AvgIpc) is 3.09. The SMILES string of the molecule is Cc1ccc2c(C)nc(NC3=NCN(CC4CCCO4)CN3)nc2c1. The van der Waals surface area contributed by atoms with E-state index in [0.29, 0.717) is 18.7 Å². The molecule has 132 valence electrons. The van der Waals surface area contributed by atoms with Crippen molar-refractivity contribution in [2.45, 2.75) is 32.8 Å². The molecule has 1 unspecified atom stereocenters. The van der Waals surface area contributed by atoms with Crippen LogP contribution in [-0.4, -0.2) is 53.4 Å². The standard InChI is InChI=1S/C18H24N6O/c1-12-5-6-15-13(2)21-18(22-16(15)8-12)23-17-19-10-24(11-20-17)9-14-4-3-7-25-14/h5-6,8,14H,3-4,7,9-11H2,1-2H3,(H2,19,20,21,22,23). The van der Waals surface area contributed by atoms with E-state index < -0.39 is 0 Å². The number of hydrogen-bond acceptors (Lipinski definition) is 7. The van der Waals surface area contributed by atoms with Gasteiger partial charge in [-0.15, -0.1) is 0 Å². The lowest BCUT2D eigenvalue weighted by Gasteiger charge is -2.28. The van der Waals surface area contributed by atoms with Crippen molar-refractivity contribution in [3.63, 3.8) is 0 Å². The summed E-state index contributed by atoms with van der Waals surface area (Å²) in [4.78, 5) is 16.0. The van der Waals surface area contributed by atoms with Crippen molar-refractivity contribution in [2.75, 3.05) is 31.8 Å². The van der Waals surface area contributed by atoms with Gasteiger partial charge in [-0.3, -0.25) is 10.2 Å². The van der Waals surface area contributed by atoms with Gasteiger partial charge in [0.15, 0.2) is 0 Å². The molecule has 7 nitrogen and oxygen atoms in total. The second-order valence-electron chi connectivity index (χ2n) is 6.75. The first kappa shape index (κ1) is 16.2. The molecule has 4 rings (SSSR count). The van der Waals surface area contributed by atoms with E-state index in [-0.39, 0.29) is 0 Å². The lowest BCUT2D eigenvalue weighted by Crippen LogP contribution is -2.48. The van der Waals surface area contributed by atoms with Crippen LogP contribution in [0.3, 0.4) is 0 Å². The van der Waals surface area contributed by atoms with Crippen LogP contribution < -0.4 is 10.6 Å². The van der Waals surface area contributed by atoms with Crippen molar-refractivity contribution in [3.8, 4) is 0 Å². The van der Waals surface area contributed by atoms with Gasteiger partial charge in [-0.1, -0.05) is 12.1 Å². The molecule has 0 aliphatic carbocycles. The van der Waals surface area contributed by atoms with Gasteiger partial charge >= 0.3 is 0 Å². The van der Waals surface area contributed by atoms with E-state index in [1.807, 2.05) is 6.92 Å². The number of guanidine groups is 1. The van der Waals surface area contributed by atoms with Crippen LogP contribution in [0.15, 0.2) is 23.2 Å². The normalized spacial score (nSPS) is 21.2. The molecular weight excluding hydrogens is 316 g/mol. The van der Waals surface area contributed by atoms with E-state index in [0.717, 1.165) is 48.8 Å². The minimum absolute atomic E-state index is 0.348. The summed E-state index contributed by atoms with van der Waals surface area (Å²) >= 11 is 0. The Morgan fingerprint density at radius 2 is 2.24 bits per heavy atom. The Morgan fingerprint density at radius 3 is 3.00 bits per heavy atom. The van der Waals surface area contributed by atoms with Crippen molar-refractivity contribution >= 4 is 22.8 Å². The fraction of sp³-hybridized carbons (Fsp3) is 0.500. The van der Waals surface area contributed by atoms with Gasteiger partial charge in [0.2, 0.25) is 11.9 Å². The van der Waals surface area contributed by atoms with Gasteiger partial charge in [0.25, 0.3) is 0 Å². The van der Waals surface area contributed by atoms with Gasteiger partial charge in [0, 0.05) is 18.5 Å². The van der Waals surface area contributed by atoms with Crippen LogP contribution in [0.5, 0.6) is 0 Å². The van der Waals surface area contributed by atoms with Crippen LogP contribution in [0.25, 0.3) is 10.9 Å². The Kier molecular flexibility index (Phi) is 4.50. The molecule has 1 aromatic heterocycles. The lowest BCUT2D eigenvalue weighted by molar-refractivity contribution is 0.0715. The molecule has 7 heteroatoms. The molecule has 1 aromatic carbocycles. The Labute approximate surface area is 147 Å². The maximum absolute atomic E-state index is 5.69. The summed E-state index contributed by atoms with van der Waals surface area (Å²) in [6.45, 7) is 7.29. The number of ether oxygens (including phenoxy) is 1. The largest absolute Gasteiger partial charge is 0.377 e. The van der Waals surface area contributed by atoms with Gasteiger partial charge in [-0.05, 0) is 38.3 Å². The van der Waals surface area contributed by atoms with Crippen LogP contribution >= 0.6 is 0 Å². The molecule has 0 amide bonds. The third-order valence-corrected chi connectivity index (χ3v) is 4.66. The third-order valence-electron chi connectivity index (χ3n) is 4.66. The zero-order valence-electron chi connectivity index (χ0n) is 14.7. The molecule has 1 saturated heterocycles. The number of rotatable bonds is 3. The van der Waals surface area contributed by atoms with E-state index in [9.17, 15) is 0 Å². The highest BCUT2D eigenvalue weighted by Crippen LogP contribution is 2.18. The first-order valence-electron chi connectivity index (χ1n) is 8.82. The molecular formula is C18H24N6O. The molecule has 0 radical (unpaired) electrons. The molecule has 0 bridgehead atoms. The average molecular weight is 340 g/mol. The lowest BCUT2D eigenvalue weighted by atomic mass is 10.1. The minimum atomic E-state index is 0.348. The summed E-state index contributed by atoms with van der Waals surface area (Å²) in [7, 11) is 0. The number of fused-ring (bicyclic) bond motifs is 1. The van der Waals surface area contributed by atoms with Crippen molar-refractivity contribution in [3.05, 3.63) is 29.5 Å². The first-order valence-corrected chi connectivity index (χ1v) is 8.82.